The highest BCUT2D eigenvalue weighted by Gasteiger charge is 2.12. The van der Waals surface area contributed by atoms with Gasteiger partial charge in [-0.2, -0.15) is 0 Å². The molecule has 0 spiro atoms. The Bertz CT molecular complexity index is 1660. The van der Waals surface area contributed by atoms with Gasteiger partial charge in [0, 0.05) is 21.7 Å². The van der Waals surface area contributed by atoms with Crippen LogP contribution in [0.25, 0.3) is 56.2 Å². The standard InChI is InChI=1S/C34H23ClN2/c35-31-16-8-14-29(22-31)25-17-19-27(20-18-25)34-36-32(26-11-5-2-6-12-26)23-33(37-34)30-15-7-13-28(21-30)24-9-3-1-4-10-24/h1-23H. The van der Waals surface area contributed by atoms with Crippen molar-refractivity contribution < 1.29 is 0 Å². The van der Waals surface area contributed by atoms with Crippen molar-refractivity contribution in [1.82, 2.24) is 9.97 Å². The third-order valence-electron chi connectivity index (χ3n) is 6.36. The van der Waals surface area contributed by atoms with Crippen molar-refractivity contribution >= 4 is 11.6 Å². The van der Waals surface area contributed by atoms with Crippen LogP contribution in [0.2, 0.25) is 5.02 Å². The molecule has 5 aromatic carbocycles. The van der Waals surface area contributed by atoms with Crippen molar-refractivity contribution in [3.05, 3.63) is 145 Å². The lowest BCUT2D eigenvalue weighted by Gasteiger charge is -2.11. The maximum Gasteiger partial charge on any atom is 0.160 e. The van der Waals surface area contributed by atoms with Gasteiger partial charge in [0.25, 0.3) is 0 Å². The van der Waals surface area contributed by atoms with Crippen molar-refractivity contribution in [2.24, 2.45) is 0 Å². The minimum Gasteiger partial charge on any atom is -0.228 e. The Morgan fingerprint density at radius 3 is 1.51 bits per heavy atom. The van der Waals surface area contributed by atoms with E-state index in [9.17, 15) is 0 Å². The van der Waals surface area contributed by atoms with Crippen molar-refractivity contribution in [2.45, 2.75) is 0 Å². The molecule has 0 aliphatic rings. The lowest BCUT2D eigenvalue weighted by molar-refractivity contribution is 1.18. The maximum absolute atomic E-state index is 6.20. The Morgan fingerprint density at radius 1 is 0.351 bits per heavy atom. The van der Waals surface area contributed by atoms with E-state index in [2.05, 4.69) is 97.1 Å². The number of hydrogen-bond donors (Lipinski definition) is 0. The molecule has 6 aromatic rings. The Hall–Kier alpha value is -4.53. The number of nitrogens with zero attached hydrogens (tertiary/aromatic N) is 2. The molecule has 37 heavy (non-hydrogen) atoms. The molecule has 6 rings (SSSR count). The molecule has 3 heteroatoms. The number of aromatic nitrogens is 2. The number of benzene rings is 5. The Balaban J connectivity index is 1.44. The summed E-state index contributed by atoms with van der Waals surface area (Å²) in [5.74, 6) is 0.694. The van der Waals surface area contributed by atoms with Crippen LogP contribution in [0.4, 0.5) is 0 Å². The van der Waals surface area contributed by atoms with E-state index in [1.54, 1.807) is 0 Å². The zero-order chi connectivity index (χ0) is 25.0. The fourth-order valence-corrected chi connectivity index (χ4v) is 4.64. The Kier molecular flexibility index (Phi) is 6.33. The largest absolute Gasteiger partial charge is 0.228 e. The van der Waals surface area contributed by atoms with Crippen LogP contribution in [0.1, 0.15) is 0 Å². The zero-order valence-electron chi connectivity index (χ0n) is 20.1. The first-order valence-electron chi connectivity index (χ1n) is 12.2. The molecule has 1 aromatic heterocycles. The van der Waals surface area contributed by atoms with Gasteiger partial charge < -0.3 is 0 Å². The molecule has 176 valence electrons. The predicted molar refractivity (Wildman–Crippen MR) is 154 cm³/mol. The van der Waals surface area contributed by atoms with E-state index >= 15 is 0 Å². The van der Waals surface area contributed by atoms with Gasteiger partial charge in [-0.3, -0.25) is 0 Å². The molecule has 0 saturated heterocycles. The van der Waals surface area contributed by atoms with Gasteiger partial charge in [-0.1, -0.05) is 127 Å². The van der Waals surface area contributed by atoms with E-state index in [4.69, 9.17) is 21.6 Å². The number of halogens is 1. The van der Waals surface area contributed by atoms with E-state index < -0.39 is 0 Å². The van der Waals surface area contributed by atoms with Crippen LogP contribution >= 0.6 is 11.6 Å². The molecular formula is C34H23ClN2. The monoisotopic (exact) mass is 494 g/mol. The first kappa shape index (κ1) is 22.9. The van der Waals surface area contributed by atoms with Crippen LogP contribution < -0.4 is 0 Å². The van der Waals surface area contributed by atoms with E-state index in [1.165, 1.54) is 5.56 Å². The second-order valence-electron chi connectivity index (χ2n) is 8.86. The summed E-state index contributed by atoms with van der Waals surface area (Å²) in [5.41, 5.74) is 9.37. The van der Waals surface area contributed by atoms with Crippen molar-refractivity contribution in [2.75, 3.05) is 0 Å². The average molecular weight is 495 g/mol. The second-order valence-corrected chi connectivity index (χ2v) is 9.30. The number of rotatable bonds is 5. The van der Waals surface area contributed by atoms with Gasteiger partial charge in [-0.15, -0.1) is 0 Å². The lowest BCUT2D eigenvalue weighted by Crippen LogP contribution is -1.96. The van der Waals surface area contributed by atoms with E-state index in [0.29, 0.717) is 5.82 Å². The molecule has 0 radical (unpaired) electrons. The fourth-order valence-electron chi connectivity index (χ4n) is 4.45. The SMILES string of the molecule is Clc1cccc(-c2ccc(-c3nc(-c4ccccc4)cc(-c4cccc(-c5ccccc5)c4)n3)cc2)c1. The summed E-state index contributed by atoms with van der Waals surface area (Å²) in [6, 6.07) is 47.5. The first-order chi connectivity index (χ1) is 18.2. The van der Waals surface area contributed by atoms with Gasteiger partial charge in [0.2, 0.25) is 0 Å². The first-order valence-corrected chi connectivity index (χ1v) is 12.6. The van der Waals surface area contributed by atoms with Crippen LogP contribution in [0.5, 0.6) is 0 Å². The van der Waals surface area contributed by atoms with Gasteiger partial charge in [0.05, 0.1) is 11.4 Å². The lowest BCUT2D eigenvalue weighted by atomic mass is 10.0. The van der Waals surface area contributed by atoms with Crippen molar-refractivity contribution in [3.8, 4) is 56.2 Å². The van der Waals surface area contributed by atoms with Crippen LogP contribution in [-0.2, 0) is 0 Å². The third-order valence-corrected chi connectivity index (χ3v) is 6.60. The second kappa shape index (κ2) is 10.2. The normalized spacial score (nSPS) is 10.8. The van der Waals surface area contributed by atoms with Crippen molar-refractivity contribution in [1.29, 1.82) is 0 Å². The van der Waals surface area contributed by atoms with E-state index in [1.807, 2.05) is 42.5 Å². The topological polar surface area (TPSA) is 25.8 Å². The Morgan fingerprint density at radius 2 is 0.838 bits per heavy atom. The summed E-state index contributed by atoms with van der Waals surface area (Å²) < 4.78 is 0. The van der Waals surface area contributed by atoms with E-state index in [-0.39, 0.29) is 0 Å². The summed E-state index contributed by atoms with van der Waals surface area (Å²) >= 11 is 6.20. The minimum absolute atomic E-state index is 0.694. The van der Waals surface area contributed by atoms with Crippen LogP contribution in [0.15, 0.2) is 140 Å². The van der Waals surface area contributed by atoms with E-state index in [0.717, 1.165) is 49.8 Å². The minimum atomic E-state index is 0.694. The van der Waals surface area contributed by atoms with Gasteiger partial charge in [0.1, 0.15) is 0 Å². The summed E-state index contributed by atoms with van der Waals surface area (Å²) in [6.45, 7) is 0. The molecule has 0 bridgehead atoms. The average Bonchev–Trinajstić information content (AvgIpc) is 2.98. The van der Waals surface area contributed by atoms with Crippen LogP contribution in [0.3, 0.4) is 0 Å². The highest BCUT2D eigenvalue weighted by atomic mass is 35.5. The molecular weight excluding hydrogens is 472 g/mol. The smallest absolute Gasteiger partial charge is 0.160 e. The Labute approximate surface area is 221 Å². The molecule has 0 fully saturated rings. The molecule has 0 amide bonds. The summed E-state index contributed by atoms with van der Waals surface area (Å²) in [6.07, 6.45) is 0. The molecule has 2 nitrogen and oxygen atoms in total. The van der Waals surface area contributed by atoms with Gasteiger partial charge in [-0.25, -0.2) is 9.97 Å². The molecule has 0 aliphatic carbocycles. The molecule has 0 saturated carbocycles. The molecule has 0 atom stereocenters. The molecule has 0 aliphatic heterocycles. The quantitative estimate of drug-likeness (QED) is 0.238. The highest BCUT2D eigenvalue weighted by Crippen LogP contribution is 2.31. The summed E-state index contributed by atoms with van der Waals surface area (Å²) in [7, 11) is 0. The van der Waals surface area contributed by atoms with Crippen molar-refractivity contribution in [3.63, 3.8) is 0 Å². The zero-order valence-corrected chi connectivity index (χ0v) is 20.8. The highest BCUT2D eigenvalue weighted by molar-refractivity contribution is 6.30. The fraction of sp³-hybridized carbons (Fsp3) is 0. The van der Waals surface area contributed by atoms with Crippen LogP contribution in [0, 0.1) is 0 Å². The van der Waals surface area contributed by atoms with Gasteiger partial charge in [-0.05, 0) is 46.5 Å². The molecule has 1 heterocycles. The predicted octanol–water partition coefficient (Wildman–Crippen LogP) is 9.46. The summed E-state index contributed by atoms with van der Waals surface area (Å²) in [4.78, 5) is 9.98. The maximum atomic E-state index is 6.20. The molecule has 0 unspecified atom stereocenters. The summed E-state index contributed by atoms with van der Waals surface area (Å²) in [5, 5.41) is 0.725. The van der Waals surface area contributed by atoms with Gasteiger partial charge in [0.15, 0.2) is 5.82 Å². The third kappa shape index (κ3) is 5.06. The van der Waals surface area contributed by atoms with Crippen LogP contribution in [-0.4, -0.2) is 9.97 Å². The van der Waals surface area contributed by atoms with Gasteiger partial charge >= 0.3 is 0 Å². The molecule has 0 N–H and O–H groups in total. The number of hydrogen-bond acceptors (Lipinski definition) is 2.